The molecule has 1 aromatic heterocycles. The van der Waals surface area contributed by atoms with Gasteiger partial charge < -0.3 is 5.11 Å². The summed E-state index contributed by atoms with van der Waals surface area (Å²) in [5.74, 6) is 0.177. The lowest BCUT2D eigenvalue weighted by Gasteiger charge is -2.12. The van der Waals surface area contributed by atoms with Crippen molar-refractivity contribution in [2.45, 2.75) is 19.9 Å². The quantitative estimate of drug-likeness (QED) is 0.811. The molecule has 0 saturated carbocycles. The van der Waals surface area contributed by atoms with Gasteiger partial charge in [-0.05, 0) is 26.0 Å². The van der Waals surface area contributed by atoms with Crippen molar-refractivity contribution in [2.24, 2.45) is 0 Å². The standard InChI is InChI=1S/C12H14N2O2/c1-8(2)14-10(7-12(16)13-14)9-5-3-4-6-11(9)15/h3-8,15H,1-2H3,(H,13,16). The highest BCUT2D eigenvalue weighted by Crippen LogP contribution is 2.28. The van der Waals surface area contributed by atoms with Crippen molar-refractivity contribution >= 4 is 0 Å². The number of rotatable bonds is 2. The van der Waals surface area contributed by atoms with E-state index in [2.05, 4.69) is 5.10 Å². The van der Waals surface area contributed by atoms with Gasteiger partial charge in [0.25, 0.3) is 5.56 Å². The van der Waals surface area contributed by atoms with E-state index in [4.69, 9.17) is 0 Å². The van der Waals surface area contributed by atoms with Gasteiger partial charge in [-0.15, -0.1) is 0 Å². The Balaban J connectivity index is 2.64. The van der Waals surface area contributed by atoms with E-state index in [0.29, 0.717) is 11.3 Å². The Labute approximate surface area is 93.1 Å². The SMILES string of the molecule is CC(C)n1[nH]c(=O)cc1-c1ccccc1O. The number of nitrogens with zero attached hydrogens (tertiary/aromatic N) is 1. The van der Waals surface area contributed by atoms with Gasteiger partial charge in [-0.3, -0.25) is 14.6 Å². The van der Waals surface area contributed by atoms with Crippen molar-refractivity contribution in [2.75, 3.05) is 0 Å². The Hall–Kier alpha value is -1.97. The fraction of sp³-hybridized carbons (Fsp3) is 0.250. The van der Waals surface area contributed by atoms with Crippen LogP contribution >= 0.6 is 0 Å². The number of aromatic nitrogens is 2. The first-order chi connectivity index (χ1) is 7.59. The van der Waals surface area contributed by atoms with Gasteiger partial charge in [0.15, 0.2) is 0 Å². The molecule has 0 unspecified atom stereocenters. The van der Waals surface area contributed by atoms with Gasteiger partial charge in [-0.2, -0.15) is 0 Å². The highest BCUT2D eigenvalue weighted by atomic mass is 16.3. The lowest BCUT2D eigenvalue weighted by Crippen LogP contribution is -2.08. The number of phenols is 1. The Kier molecular flexibility index (Phi) is 2.56. The number of para-hydroxylation sites is 1. The molecular weight excluding hydrogens is 204 g/mol. The second kappa shape index (κ2) is 3.89. The lowest BCUT2D eigenvalue weighted by molar-refractivity contribution is 0.474. The minimum atomic E-state index is -0.160. The molecule has 0 fully saturated rings. The maximum absolute atomic E-state index is 11.3. The third-order valence-corrected chi connectivity index (χ3v) is 2.45. The van der Waals surface area contributed by atoms with Crippen LogP contribution in [0.5, 0.6) is 5.75 Å². The van der Waals surface area contributed by atoms with Crippen LogP contribution in [0.3, 0.4) is 0 Å². The number of benzene rings is 1. The Morgan fingerprint density at radius 2 is 2.00 bits per heavy atom. The van der Waals surface area contributed by atoms with Crippen molar-refractivity contribution in [1.82, 2.24) is 9.78 Å². The number of aromatic hydroxyl groups is 1. The van der Waals surface area contributed by atoms with Crippen LogP contribution in [0.2, 0.25) is 0 Å². The molecule has 4 heteroatoms. The summed E-state index contributed by atoms with van der Waals surface area (Å²) in [7, 11) is 0. The van der Waals surface area contributed by atoms with E-state index < -0.39 is 0 Å². The first-order valence-electron chi connectivity index (χ1n) is 5.19. The van der Waals surface area contributed by atoms with Crippen molar-refractivity contribution in [3.63, 3.8) is 0 Å². The predicted molar refractivity (Wildman–Crippen MR) is 62.5 cm³/mol. The summed E-state index contributed by atoms with van der Waals surface area (Å²) in [6.07, 6.45) is 0. The molecule has 0 amide bonds. The maximum atomic E-state index is 11.3. The number of H-pyrrole nitrogens is 1. The summed E-state index contributed by atoms with van der Waals surface area (Å²) in [6.45, 7) is 3.94. The average molecular weight is 218 g/mol. The molecule has 0 bridgehead atoms. The fourth-order valence-electron chi connectivity index (χ4n) is 1.71. The summed E-state index contributed by atoms with van der Waals surface area (Å²) >= 11 is 0. The van der Waals surface area contributed by atoms with E-state index in [-0.39, 0.29) is 17.4 Å². The molecule has 4 nitrogen and oxygen atoms in total. The van der Waals surface area contributed by atoms with Crippen molar-refractivity contribution in [1.29, 1.82) is 0 Å². The molecule has 0 saturated heterocycles. The van der Waals surface area contributed by atoms with E-state index in [1.165, 1.54) is 6.07 Å². The van der Waals surface area contributed by atoms with Crippen LogP contribution in [-0.2, 0) is 0 Å². The molecule has 0 spiro atoms. The molecule has 0 aliphatic rings. The molecule has 2 N–H and O–H groups in total. The van der Waals surface area contributed by atoms with Gasteiger partial charge in [0.1, 0.15) is 5.75 Å². The summed E-state index contributed by atoms with van der Waals surface area (Å²) in [5, 5.41) is 12.5. The van der Waals surface area contributed by atoms with Crippen molar-refractivity contribution in [3.8, 4) is 17.0 Å². The number of hydrogen-bond donors (Lipinski definition) is 2. The largest absolute Gasteiger partial charge is 0.507 e. The zero-order valence-electron chi connectivity index (χ0n) is 9.27. The van der Waals surface area contributed by atoms with E-state index >= 15 is 0 Å². The zero-order chi connectivity index (χ0) is 11.7. The third-order valence-electron chi connectivity index (χ3n) is 2.45. The third kappa shape index (κ3) is 1.74. The zero-order valence-corrected chi connectivity index (χ0v) is 9.27. The number of phenolic OH excluding ortho intramolecular Hbond substituents is 1. The lowest BCUT2D eigenvalue weighted by atomic mass is 10.1. The van der Waals surface area contributed by atoms with Crippen LogP contribution in [0, 0.1) is 0 Å². The number of aromatic amines is 1. The molecule has 2 rings (SSSR count). The van der Waals surface area contributed by atoms with Gasteiger partial charge in [0.05, 0.1) is 5.69 Å². The van der Waals surface area contributed by atoms with Gasteiger partial charge in [-0.25, -0.2) is 0 Å². The van der Waals surface area contributed by atoms with Crippen LogP contribution in [0.25, 0.3) is 11.3 Å². The molecule has 16 heavy (non-hydrogen) atoms. The highest BCUT2D eigenvalue weighted by Gasteiger charge is 2.12. The molecule has 2 aromatic rings. The monoisotopic (exact) mass is 218 g/mol. The first kappa shape index (κ1) is 10.5. The topological polar surface area (TPSA) is 58.0 Å². The molecule has 0 atom stereocenters. The van der Waals surface area contributed by atoms with E-state index in [1.807, 2.05) is 19.9 Å². The van der Waals surface area contributed by atoms with E-state index in [0.717, 1.165) is 0 Å². The molecule has 0 aliphatic heterocycles. The second-order valence-electron chi connectivity index (χ2n) is 3.99. The molecular formula is C12H14N2O2. The molecule has 1 heterocycles. The minimum Gasteiger partial charge on any atom is -0.507 e. The smallest absolute Gasteiger partial charge is 0.264 e. The summed E-state index contributed by atoms with van der Waals surface area (Å²) in [4.78, 5) is 11.3. The fourth-order valence-corrected chi connectivity index (χ4v) is 1.71. The van der Waals surface area contributed by atoms with Crippen LogP contribution < -0.4 is 5.56 Å². The minimum absolute atomic E-state index is 0.136. The molecule has 0 aliphatic carbocycles. The summed E-state index contributed by atoms with van der Waals surface area (Å²) < 4.78 is 1.75. The van der Waals surface area contributed by atoms with Gasteiger partial charge in [0, 0.05) is 17.7 Å². The normalized spacial score (nSPS) is 10.9. The predicted octanol–water partition coefficient (Wildman–Crippen LogP) is 2.13. The van der Waals surface area contributed by atoms with Crippen LogP contribution in [0.15, 0.2) is 35.1 Å². The highest BCUT2D eigenvalue weighted by molar-refractivity contribution is 5.66. The van der Waals surface area contributed by atoms with Crippen LogP contribution in [0.1, 0.15) is 19.9 Å². The second-order valence-corrected chi connectivity index (χ2v) is 3.99. The van der Waals surface area contributed by atoms with Crippen LogP contribution in [0.4, 0.5) is 0 Å². The maximum Gasteiger partial charge on any atom is 0.264 e. The molecule has 84 valence electrons. The summed E-state index contributed by atoms with van der Waals surface area (Å²) in [6, 6.07) is 8.61. The number of hydrogen-bond acceptors (Lipinski definition) is 2. The Morgan fingerprint density at radius 3 is 2.62 bits per heavy atom. The number of nitrogens with one attached hydrogen (secondary N) is 1. The Morgan fingerprint density at radius 1 is 1.31 bits per heavy atom. The molecule has 0 radical (unpaired) electrons. The average Bonchev–Trinajstić information content (AvgIpc) is 2.61. The Bertz CT molecular complexity index is 552. The summed E-state index contributed by atoms with van der Waals surface area (Å²) in [5.41, 5.74) is 1.21. The first-order valence-corrected chi connectivity index (χ1v) is 5.19. The van der Waals surface area contributed by atoms with Crippen LogP contribution in [-0.4, -0.2) is 14.9 Å². The van der Waals surface area contributed by atoms with E-state index in [1.54, 1.807) is 22.9 Å². The van der Waals surface area contributed by atoms with Crippen molar-refractivity contribution in [3.05, 3.63) is 40.7 Å². The van der Waals surface area contributed by atoms with Gasteiger partial charge >= 0.3 is 0 Å². The van der Waals surface area contributed by atoms with Gasteiger partial charge in [-0.1, -0.05) is 12.1 Å². The van der Waals surface area contributed by atoms with Crippen molar-refractivity contribution < 1.29 is 5.11 Å². The van der Waals surface area contributed by atoms with E-state index in [9.17, 15) is 9.90 Å². The molecule has 1 aromatic carbocycles. The van der Waals surface area contributed by atoms with Gasteiger partial charge in [0.2, 0.25) is 0 Å².